The van der Waals surface area contributed by atoms with Crippen LogP contribution >= 0.6 is 0 Å². The molecule has 0 aromatic heterocycles. The van der Waals surface area contributed by atoms with E-state index >= 15 is 0 Å². The van der Waals surface area contributed by atoms with Gasteiger partial charge in [-0.15, -0.1) is 0 Å². The van der Waals surface area contributed by atoms with Crippen LogP contribution in [0, 0.1) is 5.41 Å². The average Bonchev–Trinajstić information content (AvgIpc) is 2.27. The third kappa shape index (κ3) is 5.19. The number of hydrogen-bond acceptors (Lipinski definition) is 1. The van der Waals surface area contributed by atoms with Crippen molar-refractivity contribution in [2.24, 2.45) is 5.41 Å². The molecule has 0 atom stereocenters. The van der Waals surface area contributed by atoms with Crippen molar-refractivity contribution in [3.63, 3.8) is 0 Å². The second-order valence-corrected chi connectivity index (χ2v) is 7.98. The maximum absolute atomic E-state index is 6.18. The van der Waals surface area contributed by atoms with Crippen molar-refractivity contribution in [2.45, 2.75) is 73.1 Å². The SMILES string of the molecule is CCCCOc1c(CC(C)(C)C)cccc1C(C)(C)C. The summed E-state index contributed by atoms with van der Waals surface area (Å²) in [7, 11) is 0. The smallest absolute Gasteiger partial charge is 0.126 e. The Balaban J connectivity index is 3.15. The molecule has 0 aliphatic carbocycles. The number of benzene rings is 1. The normalized spacial score (nSPS) is 12.6. The van der Waals surface area contributed by atoms with Crippen LogP contribution < -0.4 is 4.74 Å². The molecule has 1 aromatic carbocycles. The lowest BCUT2D eigenvalue weighted by molar-refractivity contribution is 0.292. The molecule has 0 N–H and O–H groups in total. The molecule has 0 aliphatic rings. The van der Waals surface area contributed by atoms with Crippen molar-refractivity contribution in [1.82, 2.24) is 0 Å². The molecule has 0 saturated heterocycles. The number of ether oxygens (including phenoxy) is 1. The van der Waals surface area contributed by atoms with Crippen molar-refractivity contribution in [3.8, 4) is 5.75 Å². The average molecular weight is 276 g/mol. The maximum Gasteiger partial charge on any atom is 0.126 e. The summed E-state index contributed by atoms with van der Waals surface area (Å²) in [6.07, 6.45) is 3.35. The highest BCUT2D eigenvalue weighted by Crippen LogP contribution is 2.37. The van der Waals surface area contributed by atoms with Gasteiger partial charge in [-0.25, -0.2) is 0 Å². The Hall–Kier alpha value is -0.980. The van der Waals surface area contributed by atoms with Crippen LogP contribution in [0.15, 0.2) is 18.2 Å². The van der Waals surface area contributed by atoms with Gasteiger partial charge in [-0.05, 0) is 34.8 Å². The first-order chi connectivity index (χ1) is 9.15. The summed E-state index contributed by atoms with van der Waals surface area (Å²) in [6.45, 7) is 16.7. The van der Waals surface area contributed by atoms with E-state index in [1.165, 1.54) is 17.5 Å². The third-order valence-corrected chi connectivity index (χ3v) is 3.37. The zero-order valence-corrected chi connectivity index (χ0v) is 14.5. The van der Waals surface area contributed by atoms with E-state index in [2.05, 4.69) is 66.7 Å². The molecule has 0 bridgehead atoms. The lowest BCUT2D eigenvalue weighted by atomic mass is 9.82. The maximum atomic E-state index is 6.18. The van der Waals surface area contributed by atoms with Gasteiger partial charge in [0.15, 0.2) is 0 Å². The molecule has 0 radical (unpaired) electrons. The largest absolute Gasteiger partial charge is 0.493 e. The van der Waals surface area contributed by atoms with Gasteiger partial charge in [0, 0.05) is 0 Å². The first-order valence-corrected chi connectivity index (χ1v) is 7.90. The third-order valence-electron chi connectivity index (χ3n) is 3.37. The van der Waals surface area contributed by atoms with Crippen molar-refractivity contribution in [2.75, 3.05) is 6.61 Å². The summed E-state index contributed by atoms with van der Waals surface area (Å²) in [5.74, 6) is 1.13. The highest BCUT2D eigenvalue weighted by atomic mass is 16.5. The van der Waals surface area contributed by atoms with Crippen molar-refractivity contribution >= 4 is 0 Å². The summed E-state index contributed by atoms with van der Waals surface area (Å²) in [5, 5.41) is 0. The van der Waals surface area contributed by atoms with Crippen molar-refractivity contribution < 1.29 is 4.74 Å². The van der Waals surface area contributed by atoms with Crippen molar-refractivity contribution in [3.05, 3.63) is 29.3 Å². The van der Waals surface area contributed by atoms with E-state index < -0.39 is 0 Å². The fourth-order valence-electron chi connectivity index (χ4n) is 2.38. The Morgan fingerprint density at radius 3 is 2.15 bits per heavy atom. The molecule has 0 heterocycles. The van der Waals surface area contributed by atoms with Gasteiger partial charge in [0.2, 0.25) is 0 Å². The van der Waals surface area contributed by atoms with E-state index in [1.54, 1.807) is 0 Å². The van der Waals surface area contributed by atoms with Crippen LogP contribution in [-0.4, -0.2) is 6.61 Å². The lowest BCUT2D eigenvalue weighted by Crippen LogP contribution is -2.17. The van der Waals surface area contributed by atoms with Crippen LogP contribution in [0.5, 0.6) is 5.75 Å². The number of unbranched alkanes of at least 4 members (excludes halogenated alkanes) is 1. The van der Waals surface area contributed by atoms with Gasteiger partial charge in [-0.2, -0.15) is 0 Å². The van der Waals surface area contributed by atoms with Gasteiger partial charge < -0.3 is 4.74 Å². The summed E-state index contributed by atoms with van der Waals surface area (Å²) < 4.78 is 6.18. The van der Waals surface area contributed by atoms with Gasteiger partial charge in [-0.1, -0.05) is 73.1 Å². The van der Waals surface area contributed by atoms with Crippen molar-refractivity contribution in [1.29, 1.82) is 0 Å². The summed E-state index contributed by atoms with van der Waals surface area (Å²) in [5.41, 5.74) is 3.07. The van der Waals surface area contributed by atoms with E-state index in [9.17, 15) is 0 Å². The Kier molecular flexibility index (Phi) is 5.68. The minimum absolute atomic E-state index is 0.120. The van der Waals surface area contributed by atoms with E-state index in [0.29, 0.717) is 0 Å². The number of hydrogen-bond donors (Lipinski definition) is 0. The first kappa shape index (κ1) is 17.1. The summed E-state index contributed by atoms with van der Waals surface area (Å²) in [4.78, 5) is 0. The second-order valence-electron chi connectivity index (χ2n) is 7.98. The molecule has 0 aliphatic heterocycles. The van der Waals surface area contributed by atoms with Gasteiger partial charge in [-0.3, -0.25) is 0 Å². The van der Waals surface area contributed by atoms with E-state index in [0.717, 1.165) is 25.2 Å². The van der Waals surface area contributed by atoms with Gasteiger partial charge >= 0.3 is 0 Å². The van der Waals surface area contributed by atoms with E-state index in [4.69, 9.17) is 4.74 Å². The highest BCUT2D eigenvalue weighted by molar-refractivity contribution is 5.45. The predicted molar refractivity (Wildman–Crippen MR) is 88.7 cm³/mol. The predicted octanol–water partition coefficient (Wildman–Crippen LogP) is 5.75. The summed E-state index contributed by atoms with van der Waals surface area (Å²) in [6, 6.07) is 6.61. The number of para-hydroxylation sites is 1. The van der Waals surface area contributed by atoms with Crippen LogP contribution in [0.4, 0.5) is 0 Å². The summed E-state index contributed by atoms with van der Waals surface area (Å²) >= 11 is 0. The monoisotopic (exact) mass is 276 g/mol. The fraction of sp³-hybridized carbons (Fsp3) is 0.684. The Labute approximate surface area is 125 Å². The van der Waals surface area contributed by atoms with E-state index in [-0.39, 0.29) is 10.8 Å². The minimum Gasteiger partial charge on any atom is -0.493 e. The second kappa shape index (κ2) is 6.65. The lowest BCUT2D eigenvalue weighted by Gasteiger charge is -2.27. The van der Waals surface area contributed by atoms with E-state index in [1.807, 2.05) is 0 Å². The topological polar surface area (TPSA) is 9.23 Å². The Morgan fingerprint density at radius 1 is 1.00 bits per heavy atom. The van der Waals surface area contributed by atoms with Gasteiger partial charge in [0.1, 0.15) is 5.75 Å². The molecule has 0 spiro atoms. The Morgan fingerprint density at radius 2 is 1.65 bits per heavy atom. The number of rotatable bonds is 5. The molecule has 20 heavy (non-hydrogen) atoms. The molecule has 0 fully saturated rings. The van der Waals surface area contributed by atoms with Crippen LogP contribution in [0.2, 0.25) is 0 Å². The Bertz CT molecular complexity index is 418. The molecule has 1 nitrogen and oxygen atoms in total. The van der Waals surface area contributed by atoms with Gasteiger partial charge in [0.05, 0.1) is 6.61 Å². The molecular weight excluding hydrogens is 244 g/mol. The zero-order valence-electron chi connectivity index (χ0n) is 14.5. The standard InChI is InChI=1S/C19H32O/c1-8-9-13-20-17-15(14-18(2,3)4)11-10-12-16(17)19(5,6)7/h10-12H,8-9,13-14H2,1-7H3. The molecular formula is C19H32O. The first-order valence-electron chi connectivity index (χ1n) is 7.90. The van der Waals surface area contributed by atoms with Crippen LogP contribution in [0.25, 0.3) is 0 Å². The quantitative estimate of drug-likeness (QED) is 0.622. The molecule has 0 amide bonds. The fourth-order valence-corrected chi connectivity index (χ4v) is 2.38. The van der Waals surface area contributed by atoms with Crippen LogP contribution in [-0.2, 0) is 11.8 Å². The molecule has 114 valence electrons. The molecule has 0 saturated carbocycles. The van der Waals surface area contributed by atoms with Crippen LogP contribution in [0.3, 0.4) is 0 Å². The molecule has 1 rings (SSSR count). The zero-order chi connectivity index (χ0) is 15.4. The van der Waals surface area contributed by atoms with Crippen LogP contribution in [0.1, 0.15) is 72.4 Å². The molecule has 0 unspecified atom stereocenters. The van der Waals surface area contributed by atoms with Gasteiger partial charge in [0.25, 0.3) is 0 Å². The highest BCUT2D eigenvalue weighted by Gasteiger charge is 2.23. The molecule has 1 heteroatoms. The minimum atomic E-state index is 0.120. The molecule has 1 aromatic rings.